The number of rotatable bonds is 8. The van der Waals surface area contributed by atoms with Crippen LogP contribution in [0, 0.1) is 0 Å². The molecule has 0 aliphatic rings. The molecule has 0 spiro atoms. The summed E-state index contributed by atoms with van der Waals surface area (Å²) in [6, 6.07) is 0.104. The molecule has 124 valence electrons. The summed E-state index contributed by atoms with van der Waals surface area (Å²) in [5.74, 6) is -2.82. The molecule has 1 amide bonds. The molecule has 0 saturated heterocycles. The van der Waals surface area contributed by atoms with Crippen LogP contribution >= 0.6 is 0 Å². The van der Waals surface area contributed by atoms with E-state index in [1.165, 1.54) is 6.92 Å². The Morgan fingerprint density at radius 1 is 1.00 bits per heavy atom. The van der Waals surface area contributed by atoms with Crippen molar-refractivity contribution in [2.45, 2.75) is 40.2 Å². The van der Waals surface area contributed by atoms with Crippen LogP contribution in [0.15, 0.2) is 12.2 Å². The van der Waals surface area contributed by atoms with Gasteiger partial charge in [-0.15, -0.1) is 0 Å². The molecule has 0 saturated carbocycles. The van der Waals surface area contributed by atoms with Gasteiger partial charge in [-0.1, -0.05) is 13.5 Å². The molecule has 0 fully saturated rings. The van der Waals surface area contributed by atoms with Crippen LogP contribution in [0.5, 0.6) is 0 Å². The van der Waals surface area contributed by atoms with Crippen LogP contribution in [-0.2, 0) is 32.5 Å². The van der Waals surface area contributed by atoms with Gasteiger partial charge in [-0.2, -0.15) is 0 Å². The van der Waals surface area contributed by atoms with Crippen molar-refractivity contribution in [3.8, 4) is 0 Å². The van der Waals surface area contributed by atoms with Gasteiger partial charge in [0.05, 0.1) is 6.04 Å². The number of nitrogens with one attached hydrogen (secondary N) is 1. The molecule has 0 aliphatic heterocycles. The third-order valence-corrected chi connectivity index (χ3v) is 5.05. The Morgan fingerprint density at radius 3 is 1.86 bits per heavy atom. The molecule has 0 aliphatic carbocycles. The first-order valence-electron chi connectivity index (χ1n) is 6.66. The monoisotopic (exact) mass is 331 g/mol. The zero-order valence-electron chi connectivity index (χ0n) is 13.2. The Bertz CT molecular complexity index is 459. The van der Waals surface area contributed by atoms with Crippen molar-refractivity contribution in [3.05, 3.63) is 12.2 Å². The van der Waals surface area contributed by atoms with Crippen LogP contribution in [0.4, 0.5) is 0 Å². The summed E-state index contributed by atoms with van der Waals surface area (Å²) < 4.78 is 15.1. The molecule has 1 N–H and O–H groups in total. The minimum atomic E-state index is -3.81. The molecule has 0 unspecified atom stereocenters. The van der Waals surface area contributed by atoms with Gasteiger partial charge in [0.2, 0.25) is 5.91 Å². The average Bonchev–Trinajstić information content (AvgIpc) is 2.33. The fraction of sp³-hybridized carbons (Fsp3) is 0.538. The first-order valence-corrected chi connectivity index (χ1v) is 8.59. The van der Waals surface area contributed by atoms with E-state index < -0.39 is 39.2 Å². The maximum Gasteiger partial charge on any atom is 0.705 e. The summed E-state index contributed by atoms with van der Waals surface area (Å²) in [5.41, 5.74) is 0.227. The van der Waals surface area contributed by atoms with Crippen LogP contribution in [-0.4, -0.2) is 39.2 Å². The van der Waals surface area contributed by atoms with E-state index >= 15 is 0 Å². The van der Waals surface area contributed by atoms with E-state index in [2.05, 4.69) is 11.9 Å². The van der Waals surface area contributed by atoms with Crippen LogP contribution in [0.25, 0.3) is 0 Å². The van der Waals surface area contributed by atoms with Crippen LogP contribution in [0.1, 0.15) is 34.1 Å². The predicted molar refractivity (Wildman–Crippen MR) is 78.3 cm³/mol. The smallest absolute Gasteiger partial charge is 0.455 e. The van der Waals surface area contributed by atoms with Gasteiger partial charge in [0.25, 0.3) is 11.9 Å². The topological polar surface area (TPSA) is 108 Å². The van der Waals surface area contributed by atoms with Crippen molar-refractivity contribution in [1.29, 1.82) is 0 Å². The highest BCUT2D eigenvalue weighted by atomic mass is 28.4. The maximum atomic E-state index is 11.8. The SMILES string of the molecule is C=C(C)C(=O)NCC(=O)O[Si](CCC)(OC(C)=O)OC(C)=O. The van der Waals surface area contributed by atoms with Gasteiger partial charge >= 0.3 is 14.8 Å². The largest absolute Gasteiger partial charge is 0.705 e. The summed E-state index contributed by atoms with van der Waals surface area (Å²) in [6.45, 7) is 8.45. The highest BCUT2D eigenvalue weighted by molar-refractivity contribution is 6.65. The molecule has 0 radical (unpaired) electrons. The Hall–Kier alpha value is -2.16. The van der Waals surface area contributed by atoms with Crippen LogP contribution < -0.4 is 5.32 Å². The van der Waals surface area contributed by atoms with Crippen molar-refractivity contribution >= 4 is 32.6 Å². The number of hydrogen-bond acceptors (Lipinski definition) is 7. The second kappa shape index (κ2) is 8.98. The van der Waals surface area contributed by atoms with E-state index in [0.717, 1.165) is 13.8 Å². The van der Waals surface area contributed by atoms with Crippen LogP contribution in [0.3, 0.4) is 0 Å². The molecule has 22 heavy (non-hydrogen) atoms. The number of carbonyl (C=O) groups is 4. The van der Waals surface area contributed by atoms with Crippen molar-refractivity contribution < 1.29 is 32.5 Å². The molecular formula is C13H21NO7Si. The molecule has 0 heterocycles. The van der Waals surface area contributed by atoms with E-state index in [1.54, 1.807) is 6.92 Å². The fourth-order valence-electron chi connectivity index (χ4n) is 1.47. The van der Waals surface area contributed by atoms with Crippen molar-refractivity contribution in [3.63, 3.8) is 0 Å². The lowest BCUT2D eigenvalue weighted by atomic mass is 10.3. The number of hydrogen-bond donors (Lipinski definition) is 1. The van der Waals surface area contributed by atoms with E-state index in [-0.39, 0.29) is 11.6 Å². The van der Waals surface area contributed by atoms with Crippen LogP contribution in [0.2, 0.25) is 6.04 Å². The van der Waals surface area contributed by atoms with E-state index in [0.29, 0.717) is 6.42 Å². The zero-order valence-corrected chi connectivity index (χ0v) is 14.2. The molecule has 0 aromatic rings. The second-order valence-corrected chi connectivity index (χ2v) is 7.04. The number of amides is 1. The predicted octanol–water partition coefficient (Wildman–Crippen LogP) is 0.697. The van der Waals surface area contributed by atoms with Gasteiger partial charge in [0.15, 0.2) is 0 Å². The third kappa shape index (κ3) is 7.57. The fourth-order valence-corrected chi connectivity index (χ4v) is 3.81. The summed E-state index contributed by atoms with van der Waals surface area (Å²) >= 11 is 0. The lowest BCUT2D eigenvalue weighted by Crippen LogP contribution is -2.51. The minimum absolute atomic E-state index is 0.104. The van der Waals surface area contributed by atoms with Gasteiger partial charge in [-0.3, -0.25) is 19.2 Å². The third-order valence-electron chi connectivity index (χ3n) is 2.20. The van der Waals surface area contributed by atoms with Crippen molar-refractivity contribution in [1.82, 2.24) is 5.32 Å². The van der Waals surface area contributed by atoms with E-state index in [4.69, 9.17) is 13.3 Å². The van der Waals surface area contributed by atoms with E-state index in [1.807, 2.05) is 0 Å². The molecule has 0 bridgehead atoms. The zero-order chi connectivity index (χ0) is 17.3. The summed E-state index contributed by atoms with van der Waals surface area (Å²) in [5, 5.41) is 2.28. The Balaban J connectivity index is 4.96. The summed E-state index contributed by atoms with van der Waals surface area (Å²) in [4.78, 5) is 45.5. The first kappa shape index (κ1) is 19.8. The van der Waals surface area contributed by atoms with Gasteiger partial charge in [0, 0.05) is 19.4 Å². The first-order chi connectivity index (χ1) is 10.1. The van der Waals surface area contributed by atoms with Crippen molar-refractivity contribution in [2.75, 3.05) is 6.54 Å². The lowest BCUT2D eigenvalue weighted by molar-refractivity contribution is -0.149. The molecular weight excluding hydrogens is 310 g/mol. The van der Waals surface area contributed by atoms with Gasteiger partial charge in [-0.05, 0) is 13.3 Å². The molecule has 9 heteroatoms. The number of carbonyl (C=O) groups excluding carboxylic acids is 4. The van der Waals surface area contributed by atoms with Gasteiger partial charge in [-0.25, -0.2) is 0 Å². The molecule has 0 atom stereocenters. The quantitative estimate of drug-likeness (QED) is 0.515. The highest BCUT2D eigenvalue weighted by Gasteiger charge is 2.51. The highest BCUT2D eigenvalue weighted by Crippen LogP contribution is 2.19. The second-order valence-electron chi connectivity index (χ2n) is 4.56. The maximum absolute atomic E-state index is 11.8. The molecule has 0 aromatic heterocycles. The molecule has 8 nitrogen and oxygen atoms in total. The Labute approximate surface area is 130 Å². The lowest BCUT2D eigenvalue weighted by Gasteiger charge is -2.26. The Kier molecular flexibility index (Phi) is 8.10. The molecule has 0 rings (SSSR count). The van der Waals surface area contributed by atoms with Gasteiger partial charge < -0.3 is 18.6 Å². The summed E-state index contributed by atoms with van der Waals surface area (Å²) in [6.07, 6.45) is 0.470. The average molecular weight is 331 g/mol. The summed E-state index contributed by atoms with van der Waals surface area (Å²) in [7, 11) is -3.81. The van der Waals surface area contributed by atoms with Gasteiger partial charge in [0.1, 0.15) is 6.54 Å². The van der Waals surface area contributed by atoms with Crippen molar-refractivity contribution in [2.24, 2.45) is 0 Å². The standard InChI is InChI=1S/C13H21NO7Si/c1-6-7-22(19-10(4)15,20-11(5)16)21-12(17)8-14-13(18)9(2)3/h2,6-8H2,1,3-5H3,(H,14,18). The Morgan fingerprint density at radius 2 is 1.50 bits per heavy atom. The van der Waals surface area contributed by atoms with E-state index in [9.17, 15) is 19.2 Å². The minimum Gasteiger partial charge on any atom is -0.455 e. The normalized spacial score (nSPS) is 10.4. The molecule has 0 aromatic carbocycles.